The maximum atomic E-state index is 12.3. The predicted octanol–water partition coefficient (Wildman–Crippen LogP) is 0.880. The number of carbonyl (C=O) groups excluding carboxylic acids is 1. The van der Waals surface area contributed by atoms with Gasteiger partial charge in [0.1, 0.15) is 11.6 Å². The largest absolute Gasteiger partial charge is 0.481 e. The minimum absolute atomic E-state index is 0.137. The zero-order valence-corrected chi connectivity index (χ0v) is 13.3. The van der Waals surface area contributed by atoms with Crippen molar-refractivity contribution in [3.63, 3.8) is 0 Å². The molecule has 0 saturated carbocycles. The average Bonchev–Trinajstić information content (AvgIpc) is 2.56. The van der Waals surface area contributed by atoms with E-state index in [1.807, 2.05) is 25.1 Å². The molecule has 122 valence electrons. The highest BCUT2D eigenvalue weighted by molar-refractivity contribution is 5.93. The molecule has 0 fully saturated rings. The van der Waals surface area contributed by atoms with Gasteiger partial charge >= 0.3 is 5.69 Å². The van der Waals surface area contributed by atoms with Gasteiger partial charge in [0.25, 0.3) is 11.5 Å². The number of amides is 1. The van der Waals surface area contributed by atoms with Gasteiger partial charge < -0.3 is 10.1 Å². The van der Waals surface area contributed by atoms with Crippen LogP contribution in [0.15, 0.2) is 46.0 Å². The minimum Gasteiger partial charge on any atom is -0.481 e. The van der Waals surface area contributed by atoms with E-state index >= 15 is 0 Å². The fraction of sp³-hybridized carbons (Fsp3) is 0.312. The summed E-state index contributed by atoms with van der Waals surface area (Å²) >= 11 is 0. The third-order valence-electron chi connectivity index (χ3n) is 3.46. The quantitative estimate of drug-likeness (QED) is 0.887. The van der Waals surface area contributed by atoms with Crippen LogP contribution >= 0.6 is 0 Å². The molecule has 1 heterocycles. The summed E-state index contributed by atoms with van der Waals surface area (Å²) in [5.74, 6) is 0.296. The third-order valence-corrected chi connectivity index (χ3v) is 3.46. The van der Waals surface area contributed by atoms with Crippen LogP contribution < -0.4 is 21.3 Å². The number of ether oxygens (including phenoxy) is 1. The molecule has 1 aromatic heterocycles. The lowest BCUT2D eigenvalue weighted by atomic mass is 10.2. The van der Waals surface area contributed by atoms with Crippen LogP contribution in [0.25, 0.3) is 0 Å². The molecule has 1 atom stereocenters. The number of benzene rings is 1. The second-order valence-electron chi connectivity index (χ2n) is 5.09. The smallest absolute Gasteiger partial charge is 0.332 e. The lowest BCUT2D eigenvalue weighted by molar-refractivity contribution is -0.122. The molecule has 0 saturated heterocycles. The molecule has 0 aliphatic rings. The van der Waals surface area contributed by atoms with Crippen LogP contribution in [-0.4, -0.2) is 21.1 Å². The Morgan fingerprint density at radius 2 is 1.83 bits per heavy atom. The van der Waals surface area contributed by atoms with E-state index in [4.69, 9.17) is 4.74 Å². The molecule has 2 rings (SSSR count). The van der Waals surface area contributed by atoms with E-state index in [1.54, 1.807) is 12.1 Å². The standard InChI is InChI=1S/C16H19N3O4/c1-4-12(23-11-8-6-5-7-9-11)15(21)17-13-10-14(20)19(3)16(22)18(13)2/h5-10,12H,4H2,1-3H3,(H,17,21)/t12-/m0/s1. The second kappa shape index (κ2) is 6.95. The van der Waals surface area contributed by atoms with Gasteiger partial charge in [0.05, 0.1) is 0 Å². The molecule has 23 heavy (non-hydrogen) atoms. The van der Waals surface area contributed by atoms with Gasteiger partial charge in [-0.15, -0.1) is 0 Å². The zero-order valence-electron chi connectivity index (χ0n) is 13.3. The summed E-state index contributed by atoms with van der Waals surface area (Å²) in [4.78, 5) is 35.9. The van der Waals surface area contributed by atoms with E-state index < -0.39 is 23.3 Å². The van der Waals surface area contributed by atoms with Gasteiger partial charge in [0.2, 0.25) is 0 Å². The number of nitrogens with one attached hydrogen (secondary N) is 1. The van der Waals surface area contributed by atoms with Crippen molar-refractivity contribution in [3.05, 3.63) is 57.2 Å². The highest BCUT2D eigenvalue weighted by Gasteiger charge is 2.20. The lowest BCUT2D eigenvalue weighted by Gasteiger charge is -2.18. The molecule has 0 bridgehead atoms. The summed E-state index contributed by atoms with van der Waals surface area (Å²) in [7, 11) is 2.86. The van der Waals surface area contributed by atoms with Gasteiger partial charge in [0, 0.05) is 20.2 Å². The number of para-hydroxylation sites is 1. The SMILES string of the molecule is CC[C@H](Oc1ccccc1)C(=O)Nc1cc(=O)n(C)c(=O)n1C. The Bertz CT molecular complexity index is 808. The second-order valence-corrected chi connectivity index (χ2v) is 5.09. The first-order valence-electron chi connectivity index (χ1n) is 7.23. The van der Waals surface area contributed by atoms with Crippen molar-refractivity contribution in [3.8, 4) is 5.75 Å². The number of aromatic nitrogens is 2. The first-order valence-corrected chi connectivity index (χ1v) is 7.23. The van der Waals surface area contributed by atoms with Crippen LogP contribution in [0, 0.1) is 0 Å². The number of hydrogen-bond acceptors (Lipinski definition) is 4. The van der Waals surface area contributed by atoms with E-state index in [1.165, 1.54) is 24.7 Å². The molecule has 1 N–H and O–H groups in total. The van der Waals surface area contributed by atoms with Crippen LogP contribution in [-0.2, 0) is 18.9 Å². The molecular formula is C16H19N3O4. The van der Waals surface area contributed by atoms with E-state index in [0.717, 1.165) is 4.57 Å². The molecule has 2 aromatic rings. The van der Waals surface area contributed by atoms with E-state index in [0.29, 0.717) is 12.2 Å². The maximum Gasteiger partial charge on any atom is 0.332 e. The Labute approximate surface area is 133 Å². The average molecular weight is 317 g/mol. The minimum atomic E-state index is -0.725. The zero-order chi connectivity index (χ0) is 17.0. The van der Waals surface area contributed by atoms with Crippen molar-refractivity contribution >= 4 is 11.7 Å². The van der Waals surface area contributed by atoms with Gasteiger partial charge in [-0.25, -0.2) is 4.79 Å². The first-order chi connectivity index (χ1) is 10.9. The number of nitrogens with zero attached hydrogens (tertiary/aromatic N) is 2. The van der Waals surface area contributed by atoms with Gasteiger partial charge in [-0.2, -0.15) is 0 Å². The van der Waals surface area contributed by atoms with Crippen molar-refractivity contribution in [1.82, 2.24) is 9.13 Å². The molecule has 1 aromatic carbocycles. The summed E-state index contributed by atoms with van der Waals surface area (Å²) in [5, 5.41) is 2.58. The molecule has 7 heteroatoms. The van der Waals surface area contributed by atoms with E-state index in [2.05, 4.69) is 5.32 Å². The van der Waals surface area contributed by atoms with Gasteiger partial charge in [-0.3, -0.25) is 18.7 Å². The van der Waals surface area contributed by atoms with Crippen LogP contribution in [0.1, 0.15) is 13.3 Å². The van der Waals surface area contributed by atoms with Crippen molar-refractivity contribution in [2.45, 2.75) is 19.4 Å². The Hall–Kier alpha value is -2.83. The fourth-order valence-corrected chi connectivity index (χ4v) is 2.05. The molecule has 0 aliphatic carbocycles. The van der Waals surface area contributed by atoms with Crippen LogP contribution in [0.4, 0.5) is 5.82 Å². The van der Waals surface area contributed by atoms with Crippen molar-refractivity contribution < 1.29 is 9.53 Å². The van der Waals surface area contributed by atoms with Crippen molar-refractivity contribution in [1.29, 1.82) is 0 Å². The third kappa shape index (κ3) is 3.68. The molecule has 0 radical (unpaired) electrons. The summed E-state index contributed by atoms with van der Waals surface area (Å²) < 4.78 is 7.81. The Morgan fingerprint density at radius 1 is 1.17 bits per heavy atom. The lowest BCUT2D eigenvalue weighted by Crippen LogP contribution is -2.40. The Balaban J connectivity index is 2.20. The monoisotopic (exact) mass is 317 g/mol. The normalized spacial score (nSPS) is 11.8. The molecular weight excluding hydrogens is 298 g/mol. The number of hydrogen-bond donors (Lipinski definition) is 1. The highest BCUT2D eigenvalue weighted by atomic mass is 16.5. The number of rotatable bonds is 5. The van der Waals surface area contributed by atoms with Crippen LogP contribution in [0.3, 0.4) is 0 Å². The van der Waals surface area contributed by atoms with Gasteiger partial charge in [-0.05, 0) is 18.6 Å². The molecule has 0 aliphatic heterocycles. The summed E-state index contributed by atoms with van der Waals surface area (Å²) in [6.07, 6.45) is -0.281. The van der Waals surface area contributed by atoms with Crippen LogP contribution in [0.2, 0.25) is 0 Å². The van der Waals surface area contributed by atoms with Crippen molar-refractivity contribution in [2.24, 2.45) is 14.1 Å². The Kier molecular flexibility index (Phi) is 5.00. The maximum absolute atomic E-state index is 12.3. The molecule has 7 nitrogen and oxygen atoms in total. The van der Waals surface area contributed by atoms with Gasteiger partial charge in [-0.1, -0.05) is 25.1 Å². The molecule has 1 amide bonds. The molecule has 0 unspecified atom stereocenters. The summed E-state index contributed by atoms with van der Waals surface area (Å²) in [6.45, 7) is 1.82. The topological polar surface area (TPSA) is 82.3 Å². The molecule has 0 spiro atoms. The van der Waals surface area contributed by atoms with E-state index in [-0.39, 0.29) is 5.82 Å². The Morgan fingerprint density at radius 3 is 2.43 bits per heavy atom. The first kappa shape index (κ1) is 16.5. The highest BCUT2D eigenvalue weighted by Crippen LogP contribution is 2.13. The van der Waals surface area contributed by atoms with Crippen LogP contribution in [0.5, 0.6) is 5.75 Å². The predicted molar refractivity (Wildman–Crippen MR) is 86.7 cm³/mol. The number of anilines is 1. The summed E-state index contributed by atoms with van der Waals surface area (Å²) in [5.41, 5.74) is -0.995. The number of carbonyl (C=O) groups is 1. The van der Waals surface area contributed by atoms with Gasteiger partial charge in [0.15, 0.2) is 6.10 Å². The van der Waals surface area contributed by atoms with E-state index in [9.17, 15) is 14.4 Å². The summed E-state index contributed by atoms with van der Waals surface area (Å²) in [6, 6.07) is 10.2. The fourth-order valence-electron chi connectivity index (χ4n) is 2.05. The van der Waals surface area contributed by atoms with Crippen molar-refractivity contribution in [2.75, 3.05) is 5.32 Å².